The zero-order valence-electron chi connectivity index (χ0n) is 39.4. The van der Waals surface area contributed by atoms with E-state index in [1.807, 2.05) is 13.8 Å². The topological polar surface area (TPSA) is 235 Å². The summed E-state index contributed by atoms with van der Waals surface area (Å²) in [6.45, 7) is 21.9. The van der Waals surface area contributed by atoms with E-state index in [2.05, 4.69) is 10.6 Å². The van der Waals surface area contributed by atoms with Crippen molar-refractivity contribution >= 4 is 16.0 Å². The third-order valence-corrected chi connectivity index (χ3v) is 15.8. The molecule has 0 aromatic carbocycles. The lowest BCUT2D eigenvalue weighted by Gasteiger charge is -2.53. The predicted molar refractivity (Wildman–Crippen MR) is 230 cm³/mol. The summed E-state index contributed by atoms with van der Waals surface area (Å²) in [6, 6.07) is -1.56. The molecule has 18 heteroatoms. The molecule has 3 aliphatic heterocycles. The van der Waals surface area contributed by atoms with Crippen molar-refractivity contribution < 1.29 is 67.2 Å². The highest BCUT2D eigenvalue weighted by atomic mass is 32.2. The molecule has 0 unspecified atom stereocenters. The Morgan fingerprint density at radius 1 is 0.951 bits per heavy atom. The van der Waals surface area contributed by atoms with E-state index in [0.29, 0.717) is 19.5 Å². The van der Waals surface area contributed by atoms with Gasteiger partial charge in [0.1, 0.15) is 35.1 Å². The summed E-state index contributed by atoms with van der Waals surface area (Å²) in [7, 11) is -0.805. The van der Waals surface area contributed by atoms with Gasteiger partial charge in [0.2, 0.25) is 10.0 Å². The molecular weight excluding hydrogens is 815 g/mol. The van der Waals surface area contributed by atoms with Crippen molar-refractivity contribution in [3.05, 3.63) is 0 Å². The SMILES string of the molecule is CCCNC[C@]1(O)[C@H](C)O[C@@H](O[C@H]2[C@H](C)[C@@H](O[C@@H]3O[C@H](C)C[C@H](N(C)S(=O)(=O)CCC)[C@H]3O)[C@](C)(O)C[C@@H](C)CN[C@H](C)[C@@H](O)[C@](C)(O)[C@@H](CC)OC(=O)[C@@H]2C)C[C@@]1(C)OC. The monoisotopic (exact) mass is 898 g/mol. The molecule has 0 aromatic heterocycles. The van der Waals surface area contributed by atoms with E-state index in [0.717, 1.165) is 6.42 Å². The van der Waals surface area contributed by atoms with Crippen molar-refractivity contribution in [1.82, 2.24) is 14.9 Å². The van der Waals surface area contributed by atoms with Gasteiger partial charge >= 0.3 is 5.97 Å². The van der Waals surface area contributed by atoms with Gasteiger partial charge in [-0.2, -0.15) is 4.31 Å². The molecule has 3 rings (SSSR count). The van der Waals surface area contributed by atoms with Gasteiger partial charge in [-0.15, -0.1) is 0 Å². The third-order valence-electron chi connectivity index (χ3n) is 13.7. The molecule has 0 bridgehead atoms. The molecule has 0 radical (unpaired) electrons. The lowest BCUT2D eigenvalue weighted by Crippen LogP contribution is -2.70. The lowest BCUT2D eigenvalue weighted by molar-refractivity contribution is -0.336. The van der Waals surface area contributed by atoms with Crippen LogP contribution in [0.4, 0.5) is 0 Å². The number of carbonyl (C=O) groups excluding carboxylic acids is 1. The Morgan fingerprint density at radius 2 is 1.59 bits per heavy atom. The molecule has 0 aromatic rings. The van der Waals surface area contributed by atoms with Gasteiger partial charge in [-0.25, -0.2) is 8.42 Å². The Morgan fingerprint density at radius 3 is 2.16 bits per heavy atom. The first-order valence-corrected chi connectivity index (χ1v) is 24.1. The molecule has 0 saturated carbocycles. The highest BCUT2D eigenvalue weighted by Crippen LogP contribution is 2.43. The standard InChI is InChI=1S/C43H83N3O14S/c1-15-18-44-24-43(52)30(9)57-33(22-41(43,11)55-14)59-35-27(6)37(60-39-34(47)31(20-26(5)56-39)46(13)61(53,54)19-16-2)40(10,50)21-25(4)23-45-29(8)36(48)42(12,51)32(17-3)58-38(49)28(35)7/h25-37,39,44-45,47-48,50-52H,15-24H2,1-14H3/t25-,26-,27+,28-,29-,30+,31+,32-,33+,34-,35+,36-,37-,39+,40-,41-,42-,43+/m1/s1. The van der Waals surface area contributed by atoms with Gasteiger partial charge in [-0.3, -0.25) is 4.79 Å². The predicted octanol–water partition coefficient (Wildman–Crippen LogP) is 2.04. The van der Waals surface area contributed by atoms with Crippen molar-refractivity contribution in [2.75, 3.05) is 39.5 Å². The number of esters is 1. The van der Waals surface area contributed by atoms with Gasteiger partial charge in [0.05, 0.1) is 47.7 Å². The van der Waals surface area contributed by atoms with E-state index in [4.69, 9.17) is 28.4 Å². The molecule has 3 aliphatic rings. The molecule has 18 atom stereocenters. The zero-order valence-corrected chi connectivity index (χ0v) is 40.2. The number of hydrogen-bond donors (Lipinski definition) is 7. The normalized spacial score (nSPS) is 45.2. The Hall–Kier alpha value is -1.10. The second kappa shape index (κ2) is 21.9. The summed E-state index contributed by atoms with van der Waals surface area (Å²) < 4.78 is 65.9. The fourth-order valence-corrected chi connectivity index (χ4v) is 11.1. The van der Waals surface area contributed by atoms with Crippen LogP contribution >= 0.6 is 0 Å². The number of cyclic esters (lactones) is 1. The number of carbonyl (C=O) groups is 1. The van der Waals surface area contributed by atoms with Crippen molar-refractivity contribution in [3.63, 3.8) is 0 Å². The molecule has 0 amide bonds. The number of hydrogen-bond acceptors (Lipinski definition) is 16. The van der Waals surface area contributed by atoms with Crippen molar-refractivity contribution in [2.45, 2.75) is 211 Å². The van der Waals surface area contributed by atoms with Crippen LogP contribution in [0.25, 0.3) is 0 Å². The van der Waals surface area contributed by atoms with Crippen LogP contribution in [0.3, 0.4) is 0 Å². The Labute approximate surface area is 365 Å². The first kappa shape index (κ1) is 54.2. The minimum atomic E-state index is -3.74. The maximum absolute atomic E-state index is 14.4. The fourth-order valence-electron chi connectivity index (χ4n) is 9.66. The molecule has 61 heavy (non-hydrogen) atoms. The highest BCUT2D eigenvalue weighted by molar-refractivity contribution is 7.89. The third kappa shape index (κ3) is 12.4. The number of aliphatic hydroxyl groups is 5. The first-order valence-electron chi connectivity index (χ1n) is 22.5. The number of likely N-dealkylation sites (N-methyl/N-ethyl adjacent to an activating group) is 1. The van der Waals surface area contributed by atoms with E-state index < -0.39 is 118 Å². The average Bonchev–Trinajstić information content (AvgIpc) is 3.18. The molecule has 3 fully saturated rings. The minimum absolute atomic E-state index is 0.0341. The number of rotatable bonds is 14. The van der Waals surface area contributed by atoms with E-state index in [1.54, 1.807) is 62.3 Å². The molecule has 7 N–H and O–H groups in total. The lowest BCUT2D eigenvalue weighted by atomic mass is 9.75. The number of methoxy groups -OCH3 is 1. The summed E-state index contributed by atoms with van der Waals surface area (Å²) >= 11 is 0. The van der Waals surface area contributed by atoms with Gasteiger partial charge in [-0.1, -0.05) is 34.6 Å². The van der Waals surface area contributed by atoms with E-state index in [1.165, 1.54) is 25.4 Å². The maximum Gasteiger partial charge on any atom is 0.311 e. The average molecular weight is 898 g/mol. The highest BCUT2D eigenvalue weighted by Gasteiger charge is 2.58. The van der Waals surface area contributed by atoms with Crippen LogP contribution in [0.15, 0.2) is 0 Å². The van der Waals surface area contributed by atoms with E-state index in [9.17, 15) is 38.7 Å². The number of ether oxygens (including phenoxy) is 6. The molecule has 3 heterocycles. The Kier molecular flexibility index (Phi) is 19.5. The van der Waals surface area contributed by atoms with Gasteiger partial charge < -0.3 is 64.6 Å². The van der Waals surface area contributed by atoms with Crippen molar-refractivity contribution in [3.8, 4) is 0 Å². The van der Waals surface area contributed by atoms with Crippen molar-refractivity contribution in [2.24, 2.45) is 17.8 Å². The summed E-state index contributed by atoms with van der Waals surface area (Å²) in [5.74, 6) is -3.15. The van der Waals surface area contributed by atoms with Crippen LogP contribution in [0, 0.1) is 17.8 Å². The molecular formula is C43H83N3O14S. The van der Waals surface area contributed by atoms with Gasteiger partial charge in [-0.05, 0) is 99.6 Å². The quantitative estimate of drug-likeness (QED) is 0.0977. The maximum atomic E-state index is 14.4. The Balaban J connectivity index is 2.19. The molecule has 0 aliphatic carbocycles. The van der Waals surface area contributed by atoms with E-state index in [-0.39, 0.29) is 43.9 Å². The van der Waals surface area contributed by atoms with Crippen LogP contribution in [0.1, 0.15) is 122 Å². The second-order valence-corrected chi connectivity index (χ2v) is 21.2. The molecule has 0 spiro atoms. The largest absolute Gasteiger partial charge is 0.459 e. The van der Waals surface area contributed by atoms with Gasteiger partial charge in [0.15, 0.2) is 12.6 Å². The van der Waals surface area contributed by atoms with Gasteiger partial charge in [0.25, 0.3) is 0 Å². The van der Waals surface area contributed by atoms with Crippen LogP contribution in [0.2, 0.25) is 0 Å². The summed E-state index contributed by atoms with van der Waals surface area (Å²) in [5, 5.41) is 66.2. The molecule has 17 nitrogen and oxygen atoms in total. The fraction of sp³-hybridized carbons (Fsp3) is 0.977. The van der Waals surface area contributed by atoms with Gasteiger partial charge in [0, 0.05) is 39.1 Å². The second-order valence-electron chi connectivity index (χ2n) is 19.1. The first-order chi connectivity index (χ1) is 28.2. The zero-order chi connectivity index (χ0) is 46.5. The van der Waals surface area contributed by atoms with Crippen molar-refractivity contribution in [1.29, 1.82) is 0 Å². The number of aliphatic hydroxyl groups excluding tert-OH is 2. The number of nitrogens with zero attached hydrogens (tertiary/aromatic N) is 1. The Bertz CT molecular complexity index is 1490. The smallest absolute Gasteiger partial charge is 0.311 e. The van der Waals surface area contributed by atoms with Crippen LogP contribution in [-0.4, -0.2) is 174 Å². The number of nitrogens with one attached hydrogen (secondary N) is 2. The molecule has 3 saturated heterocycles. The summed E-state index contributed by atoms with van der Waals surface area (Å²) in [6.07, 6.45) is -8.44. The van der Waals surface area contributed by atoms with Crippen LogP contribution in [0.5, 0.6) is 0 Å². The minimum Gasteiger partial charge on any atom is -0.459 e. The molecule has 360 valence electrons. The number of sulfonamides is 1. The summed E-state index contributed by atoms with van der Waals surface area (Å²) in [4.78, 5) is 14.4. The van der Waals surface area contributed by atoms with E-state index >= 15 is 0 Å². The van der Waals surface area contributed by atoms with Crippen LogP contribution in [-0.2, 0) is 43.2 Å². The van der Waals surface area contributed by atoms with Crippen LogP contribution < -0.4 is 10.6 Å². The summed E-state index contributed by atoms with van der Waals surface area (Å²) in [5.41, 5.74) is -6.25.